The molecule has 4 nitrogen and oxygen atoms in total. The molecule has 0 saturated heterocycles. The maximum absolute atomic E-state index is 5.95. The number of ether oxygens (including phenoxy) is 1. The van der Waals surface area contributed by atoms with E-state index in [4.69, 9.17) is 16.3 Å². The molecule has 0 bridgehead atoms. The standard InChI is InChI=1S/C12H12ClN3O/c1-8-3-9(6-14-5-8)10-4-11(13)16-12(15-10)7-17-2/h3-6H,7H2,1-2H3. The molecule has 5 heteroatoms. The third-order valence-electron chi connectivity index (χ3n) is 2.19. The number of halogens is 1. The minimum Gasteiger partial charge on any atom is -0.377 e. The SMILES string of the molecule is COCc1nc(Cl)cc(-c2cncc(C)c2)n1. The Bertz CT molecular complexity index is 531. The van der Waals surface area contributed by atoms with Gasteiger partial charge in [0.25, 0.3) is 0 Å². The van der Waals surface area contributed by atoms with Crippen LogP contribution < -0.4 is 0 Å². The zero-order valence-corrected chi connectivity index (χ0v) is 10.4. The Morgan fingerprint density at radius 3 is 2.76 bits per heavy atom. The first kappa shape index (κ1) is 12.0. The second-order valence-corrected chi connectivity index (χ2v) is 4.06. The van der Waals surface area contributed by atoms with Crippen LogP contribution in [0, 0.1) is 6.92 Å². The van der Waals surface area contributed by atoms with Crippen LogP contribution in [0.25, 0.3) is 11.3 Å². The number of aryl methyl sites for hydroxylation is 1. The summed E-state index contributed by atoms with van der Waals surface area (Å²) in [5, 5.41) is 0.406. The molecule has 0 atom stereocenters. The second kappa shape index (κ2) is 5.21. The molecule has 88 valence electrons. The molecule has 0 saturated carbocycles. The highest BCUT2D eigenvalue weighted by Gasteiger charge is 2.06. The monoisotopic (exact) mass is 249 g/mol. The highest BCUT2D eigenvalue weighted by molar-refractivity contribution is 6.29. The Kier molecular flexibility index (Phi) is 3.66. The van der Waals surface area contributed by atoms with Crippen molar-refractivity contribution in [1.82, 2.24) is 15.0 Å². The average molecular weight is 250 g/mol. The fourth-order valence-corrected chi connectivity index (χ4v) is 1.70. The van der Waals surface area contributed by atoms with Gasteiger partial charge in [-0.25, -0.2) is 9.97 Å². The minimum absolute atomic E-state index is 0.340. The summed E-state index contributed by atoms with van der Waals surface area (Å²) < 4.78 is 5.00. The first-order valence-electron chi connectivity index (χ1n) is 5.13. The van der Waals surface area contributed by atoms with Gasteiger partial charge >= 0.3 is 0 Å². The lowest BCUT2D eigenvalue weighted by atomic mass is 10.1. The minimum atomic E-state index is 0.340. The first-order valence-corrected chi connectivity index (χ1v) is 5.51. The van der Waals surface area contributed by atoms with Gasteiger partial charge in [0, 0.05) is 31.1 Å². The predicted molar refractivity (Wildman–Crippen MR) is 65.7 cm³/mol. The van der Waals surface area contributed by atoms with Crippen LogP contribution in [0.1, 0.15) is 11.4 Å². The molecule has 0 aromatic carbocycles. The smallest absolute Gasteiger partial charge is 0.156 e. The van der Waals surface area contributed by atoms with Gasteiger partial charge in [-0.05, 0) is 18.6 Å². The van der Waals surface area contributed by atoms with Gasteiger partial charge in [-0.2, -0.15) is 0 Å². The van der Waals surface area contributed by atoms with Crippen molar-refractivity contribution in [3.63, 3.8) is 0 Å². The summed E-state index contributed by atoms with van der Waals surface area (Å²) in [5.74, 6) is 0.566. The number of aromatic nitrogens is 3. The Balaban J connectivity index is 2.44. The van der Waals surface area contributed by atoms with Gasteiger partial charge in [0.1, 0.15) is 11.8 Å². The van der Waals surface area contributed by atoms with E-state index in [1.807, 2.05) is 13.0 Å². The Morgan fingerprint density at radius 2 is 2.06 bits per heavy atom. The number of methoxy groups -OCH3 is 1. The van der Waals surface area contributed by atoms with Crippen molar-refractivity contribution in [3.8, 4) is 11.3 Å². The summed E-state index contributed by atoms with van der Waals surface area (Å²) in [6.07, 6.45) is 3.55. The lowest BCUT2D eigenvalue weighted by molar-refractivity contribution is 0.178. The molecule has 0 amide bonds. The normalized spacial score (nSPS) is 10.5. The van der Waals surface area contributed by atoms with Crippen molar-refractivity contribution in [2.75, 3.05) is 7.11 Å². The maximum Gasteiger partial charge on any atom is 0.156 e. The average Bonchev–Trinajstić information content (AvgIpc) is 2.28. The summed E-state index contributed by atoms with van der Waals surface area (Å²) in [6, 6.07) is 3.72. The van der Waals surface area contributed by atoms with Crippen LogP contribution in [0.3, 0.4) is 0 Å². The van der Waals surface area contributed by atoms with Gasteiger partial charge in [0.2, 0.25) is 0 Å². The van der Waals surface area contributed by atoms with Crippen LogP contribution in [-0.2, 0) is 11.3 Å². The van der Waals surface area contributed by atoms with E-state index in [-0.39, 0.29) is 0 Å². The molecular weight excluding hydrogens is 238 g/mol. The van der Waals surface area contributed by atoms with E-state index in [1.165, 1.54) is 0 Å². The van der Waals surface area contributed by atoms with Crippen molar-refractivity contribution in [1.29, 1.82) is 0 Å². The number of nitrogens with zero attached hydrogens (tertiary/aromatic N) is 3. The van der Waals surface area contributed by atoms with Gasteiger partial charge in [-0.3, -0.25) is 4.98 Å². The molecule has 0 unspecified atom stereocenters. The summed E-state index contributed by atoms with van der Waals surface area (Å²) >= 11 is 5.95. The molecule has 0 aliphatic heterocycles. The zero-order valence-electron chi connectivity index (χ0n) is 9.64. The lowest BCUT2D eigenvalue weighted by Gasteiger charge is -2.05. The summed E-state index contributed by atoms with van der Waals surface area (Å²) in [7, 11) is 1.60. The van der Waals surface area contributed by atoms with Crippen molar-refractivity contribution in [3.05, 3.63) is 41.1 Å². The molecule has 0 N–H and O–H groups in total. The molecule has 2 heterocycles. The van der Waals surface area contributed by atoms with Crippen LogP contribution in [0.15, 0.2) is 24.5 Å². The fraction of sp³-hybridized carbons (Fsp3) is 0.250. The van der Waals surface area contributed by atoms with Crippen LogP contribution in [0.5, 0.6) is 0 Å². The van der Waals surface area contributed by atoms with Gasteiger partial charge in [-0.1, -0.05) is 11.6 Å². The van der Waals surface area contributed by atoms with E-state index in [9.17, 15) is 0 Å². The summed E-state index contributed by atoms with van der Waals surface area (Å²) in [5.41, 5.74) is 2.76. The Hall–Kier alpha value is -1.52. The molecule has 17 heavy (non-hydrogen) atoms. The van der Waals surface area contributed by atoms with Crippen LogP contribution >= 0.6 is 11.6 Å². The molecule has 2 aromatic heterocycles. The molecule has 0 spiro atoms. The van der Waals surface area contributed by atoms with Gasteiger partial charge in [-0.15, -0.1) is 0 Å². The molecule has 0 aliphatic carbocycles. The number of hydrogen-bond donors (Lipinski definition) is 0. The number of hydrogen-bond acceptors (Lipinski definition) is 4. The Morgan fingerprint density at radius 1 is 1.24 bits per heavy atom. The van der Waals surface area contributed by atoms with Gasteiger partial charge in [0.15, 0.2) is 5.82 Å². The van der Waals surface area contributed by atoms with E-state index in [0.29, 0.717) is 17.6 Å². The van der Waals surface area contributed by atoms with E-state index in [2.05, 4.69) is 15.0 Å². The lowest BCUT2D eigenvalue weighted by Crippen LogP contribution is -1.99. The van der Waals surface area contributed by atoms with Crippen molar-refractivity contribution >= 4 is 11.6 Å². The van der Waals surface area contributed by atoms with Crippen LogP contribution in [-0.4, -0.2) is 22.1 Å². The highest BCUT2D eigenvalue weighted by atomic mass is 35.5. The maximum atomic E-state index is 5.95. The van der Waals surface area contributed by atoms with E-state index in [1.54, 1.807) is 25.6 Å². The van der Waals surface area contributed by atoms with Crippen molar-refractivity contribution < 1.29 is 4.74 Å². The van der Waals surface area contributed by atoms with E-state index in [0.717, 1.165) is 16.8 Å². The second-order valence-electron chi connectivity index (χ2n) is 3.68. The highest BCUT2D eigenvalue weighted by Crippen LogP contribution is 2.20. The molecular formula is C12H12ClN3O. The molecule has 0 radical (unpaired) electrons. The summed E-state index contributed by atoms with van der Waals surface area (Å²) in [6.45, 7) is 2.32. The van der Waals surface area contributed by atoms with Crippen LogP contribution in [0.4, 0.5) is 0 Å². The van der Waals surface area contributed by atoms with E-state index < -0.39 is 0 Å². The van der Waals surface area contributed by atoms with Crippen molar-refractivity contribution in [2.24, 2.45) is 0 Å². The summed E-state index contributed by atoms with van der Waals surface area (Å²) in [4.78, 5) is 12.6. The molecule has 2 rings (SSSR count). The third-order valence-corrected chi connectivity index (χ3v) is 2.38. The molecule has 2 aromatic rings. The van der Waals surface area contributed by atoms with E-state index >= 15 is 0 Å². The van der Waals surface area contributed by atoms with Crippen LogP contribution in [0.2, 0.25) is 5.15 Å². The predicted octanol–water partition coefficient (Wildman–Crippen LogP) is 2.65. The number of pyridine rings is 1. The third kappa shape index (κ3) is 2.99. The van der Waals surface area contributed by atoms with Gasteiger partial charge in [0.05, 0.1) is 5.69 Å². The quantitative estimate of drug-likeness (QED) is 0.785. The van der Waals surface area contributed by atoms with Gasteiger partial charge < -0.3 is 4.74 Å². The first-order chi connectivity index (χ1) is 8.19. The fourth-order valence-electron chi connectivity index (χ4n) is 1.50. The number of rotatable bonds is 3. The molecule has 0 aliphatic rings. The Labute approximate surface area is 105 Å². The zero-order chi connectivity index (χ0) is 12.3. The largest absolute Gasteiger partial charge is 0.377 e. The molecule has 0 fully saturated rings. The van der Waals surface area contributed by atoms with Crippen molar-refractivity contribution in [2.45, 2.75) is 13.5 Å². The topological polar surface area (TPSA) is 47.9 Å².